The van der Waals surface area contributed by atoms with E-state index in [1.54, 1.807) is 24.3 Å². The largest absolute Gasteiger partial charge is 0.370 e. The van der Waals surface area contributed by atoms with Gasteiger partial charge in [-0.2, -0.15) is 0 Å². The number of amides is 3. The molecule has 3 amide bonds. The lowest BCUT2D eigenvalue weighted by Crippen LogP contribution is -2.24. The fourth-order valence-electron chi connectivity index (χ4n) is 2.75. The van der Waals surface area contributed by atoms with Crippen LogP contribution in [0.25, 0.3) is 0 Å². The molecule has 0 fully saturated rings. The van der Waals surface area contributed by atoms with Gasteiger partial charge in [0, 0.05) is 24.1 Å². The third kappa shape index (κ3) is 9.81. The van der Waals surface area contributed by atoms with E-state index in [2.05, 4.69) is 5.32 Å². The van der Waals surface area contributed by atoms with Gasteiger partial charge in [-0.05, 0) is 37.1 Å². The Bertz CT molecular complexity index is 570. The first kappa shape index (κ1) is 21.7. The van der Waals surface area contributed by atoms with Crippen LogP contribution in [0.5, 0.6) is 0 Å². The highest BCUT2D eigenvalue weighted by molar-refractivity contribution is 5.97. The molecule has 1 rings (SSSR count). The molecule has 0 radical (unpaired) electrons. The molecule has 0 unspecified atom stereocenters. The molecule has 0 atom stereocenters. The summed E-state index contributed by atoms with van der Waals surface area (Å²) in [6.07, 6.45) is 10.5. The van der Waals surface area contributed by atoms with Crippen LogP contribution in [0.3, 0.4) is 0 Å². The Hall–Kier alpha value is -2.37. The van der Waals surface area contributed by atoms with Crippen molar-refractivity contribution in [2.24, 2.45) is 11.5 Å². The second-order valence-electron chi connectivity index (χ2n) is 6.60. The van der Waals surface area contributed by atoms with Gasteiger partial charge in [0.05, 0.1) is 0 Å². The Kier molecular flexibility index (Phi) is 10.8. The van der Waals surface area contributed by atoms with E-state index in [1.165, 1.54) is 25.7 Å². The summed E-state index contributed by atoms with van der Waals surface area (Å²) in [5.41, 5.74) is 11.2. The Morgan fingerprint density at radius 1 is 0.692 bits per heavy atom. The zero-order valence-electron chi connectivity index (χ0n) is 15.5. The molecule has 26 heavy (non-hydrogen) atoms. The van der Waals surface area contributed by atoms with Gasteiger partial charge < -0.3 is 16.8 Å². The van der Waals surface area contributed by atoms with E-state index >= 15 is 0 Å². The lowest BCUT2D eigenvalue weighted by molar-refractivity contribution is -0.118. The van der Waals surface area contributed by atoms with Gasteiger partial charge in [0.15, 0.2) is 0 Å². The highest BCUT2D eigenvalue weighted by Gasteiger charge is 2.06. The maximum Gasteiger partial charge on any atom is 0.251 e. The molecule has 5 N–H and O–H groups in total. The van der Waals surface area contributed by atoms with Crippen molar-refractivity contribution >= 4 is 17.7 Å². The molecule has 6 nitrogen and oxygen atoms in total. The minimum atomic E-state index is -0.498. The summed E-state index contributed by atoms with van der Waals surface area (Å²) in [6, 6.07) is 6.34. The van der Waals surface area contributed by atoms with E-state index in [9.17, 15) is 14.4 Å². The number of carbonyl (C=O) groups excluding carboxylic acids is 3. The summed E-state index contributed by atoms with van der Waals surface area (Å²) >= 11 is 0. The van der Waals surface area contributed by atoms with Gasteiger partial charge in [0.1, 0.15) is 0 Å². The summed E-state index contributed by atoms with van der Waals surface area (Å²) < 4.78 is 0. The van der Waals surface area contributed by atoms with E-state index in [0.29, 0.717) is 24.1 Å². The van der Waals surface area contributed by atoms with Crippen molar-refractivity contribution in [2.75, 3.05) is 6.54 Å². The maximum absolute atomic E-state index is 12.0. The summed E-state index contributed by atoms with van der Waals surface area (Å²) in [4.78, 5) is 33.6. The second kappa shape index (κ2) is 12.9. The zero-order chi connectivity index (χ0) is 19.2. The van der Waals surface area contributed by atoms with Crippen LogP contribution in [0, 0.1) is 0 Å². The Morgan fingerprint density at radius 3 is 1.65 bits per heavy atom. The lowest BCUT2D eigenvalue weighted by Gasteiger charge is -2.06. The third-order valence-electron chi connectivity index (χ3n) is 4.32. The molecule has 0 saturated carbocycles. The van der Waals surface area contributed by atoms with E-state index < -0.39 is 5.91 Å². The number of hydrogen-bond donors (Lipinski definition) is 3. The SMILES string of the molecule is NC(=O)CCCCCCCCCCCNC(=O)c1ccc(C(N)=O)cc1. The molecular weight excluding hydrogens is 330 g/mol. The van der Waals surface area contributed by atoms with Gasteiger partial charge in [-0.25, -0.2) is 0 Å². The van der Waals surface area contributed by atoms with Gasteiger partial charge in [0.2, 0.25) is 11.8 Å². The van der Waals surface area contributed by atoms with Crippen molar-refractivity contribution in [1.29, 1.82) is 0 Å². The summed E-state index contributed by atoms with van der Waals surface area (Å²) in [5, 5.41) is 2.89. The quantitative estimate of drug-likeness (QED) is 0.442. The van der Waals surface area contributed by atoms with Gasteiger partial charge in [-0.1, -0.05) is 44.9 Å². The number of nitrogens with one attached hydrogen (secondary N) is 1. The van der Waals surface area contributed by atoms with E-state index in [1.807, 2.05) is 0 Å². The monoisotopic (exact) mass is 361 g/mol. The van der Waals surface area contributed by atoms with Gasteiger partial charge in [-0.15, -0.1) is 0 Å². The number of rotatable bonds is 14. The molecule has 0 heterocycles. The highest BCUT2D eigenvalue weighted by atomic mass is 16.2. The number of unbranched alkanes of at least 4 members (excludes halogenated alkanes) is 8. The average molecular weight is 361 g/mol. The predicted molar refractivity (Wildman–Crippen MR) is 103 cm³/mol. The van der Waals surface area contributed by atoms with E-state index in [4.69, 9.17) is 11.5 Å². The third-order valence-corrected chi connectivity index (χ3v) is 4.32. The van der Waals surface area contributed by atoms with Crippen LogP contribution in [-0.4, -0.2) is 24.3 Å². The van der Waals surface area contributed by atoms with Crippen LogP contribution >= 0.6 is 0 Å². The Morgan fingerprint density at radius 2 is 1.15 bits per heavy atom. The number of carbonyl (C=O) groups is 3. The molecule has 0 aliphatic rings. The van der Waals surface area contributed by atoms with Crippen LogP contribution in [0.2, 0.25) is 0 Å². The molecule has 0 aromatic heterocycles. The number of primary amides is 2. The lowest BCUT2D eigenvalue weighted by atomic mass is 10.1. The normalized spacial score (nSPS) is 10.5. The molecule has 0 aliphatic carbocycles. The van der Waals surface area contributed by atoms with Crippen molar-refractivity contribution in [2.45, 2.75) is 64.2 Å². The van der Waals surface area contributed by atoms with Crippen molar-refractivity contribution in [1.82, 2.24) is 5.32 Å². The van der Waals surface area contributed by atoms with E-state index in [0.717, 1.165) is 32.1 Å². The summed E-state index contributed by atoms with van der Waals surface area (Å²) in [5.74, 6) is -0.834. The maximum atomic E-state index is 12.0. The van der Waals surface area contributed by atoms with Gasteiger partial charge in [0.25, 0.3) is 5.91 Å². The summed E-state index contributed by atoms with van der Waals surface area (Å²) in [6.45, 7) is 0.656. The molecule has 144 valence electrons. The first-order chi connectivity index (χ1) is 12.5. The van der Waals surface area contributed by atoms with Crippen molar-refractivity contribution in [3.05, 3.63) is 35.4 Å². The molecule has 0 aliphatic heterocycles. The molecular formula is C20H31N3O3. The standard InChI is InChI=1S/C20H31N3O3/c21-18(24)10-8-6-4-2-1-3-5-7-9-15-23-20(26)17-13-11-16(12-14-17)19(22)25/h11-14H,1-10,15H2,(H2,21,24)(H2,22,25)(H,23,26). The number of nitrogens with two attached hydrogens (primary N) is 2. The minimum absolute atomic E-state index is 0.128. The predicted octanol–water partition coefficient (Wildman–Crippen LogP) is 2.90. The second-order valence-corrected chi connectivity index (χ2v) is 6.60. The average Bonchev–Trinajstić information content (AvgIpc) is 2.62. The Labute approximate surface area is 155 Å². The van der Waals surface area contributed by atoms with Crippen molar-refractivity contribution < 1.29 is 14.4 Å². The smallest absolute Gasteiger partial charge is 0.251 e. The molecule has 6 heteroatoms. The van der Waals surface area contributed by atoms with Crippen LogP contribution in [0.15, 0.2) is 24.3 Å². The fraction of sp³-hybridized carbons (Fsp3) is 0.550. The van der Waals surface area contributed by atoms with Crippen LogP contribution < -0.4 is 16.8 Å². The minimum Gasteiger partial charge on any atom is -0.370 e. The van der Waals surface area contributed by atoms with Crippen LogP contribution in [0.1, 0.15) is 84.9 Å². The van der Waals surface area contributed by atoms with Gasteiger partial charge in [-0.3, -0.25) is 14.4 Å². The molecule has 1 aromatic rings. The molecule has 0 spiro atoms. The van der Waals surface area contributed by atoms with Crippen molar-refractivity contribution in [3.63, 3.8) is 0 Å². The highest BCUT2D eigenvalue weighted by Crippen LogP contribution is 2.10. The fourth-order valence-corrected chi connectivity index (χ4v) is 2.75. The first-order valence-corrected chi connectivity index (χ1v) is 9.47. The molecule has 0 bridgehead atoms. The topological polar surface area (TPSA) is 115 Å². The Balaban J connectivity index is 1.97. The summed E-state index contributed by atoms with van der Waals surface area (Å²) in [7, 11) is 0. The first-order valence-electron chi connectivity index (χ1n) is 9.47. The van der Waals surface area contributed by atoms with Crippen molar-refractivity contribution in [3.8, 4) is 0 Å². The zero-order valence-corrected chi connectivity index (χ0v) is 15.5. The van der Waals surface area contributed by atoms with Gasteiger partial charge >= 0.3 is 0 Å². The van der Waals surface area contributed by atoms with Crippen LogP contribution in [0.4, 0.5) is 0 Å². The van der Waals surface area contributed by atoms with E-state index in [-0.39, 0.29) is 11.8 Å². The number of benzene rings is 1. The number of hydrogen-bond acceptors (Lipinski definition) is 3. The van der Waals surface area contributed by atoms with Crippen LogP contribution in [-0.2, 0) is 4.79 Å². The molecule has 1 aromatic carbocycles. The molecule has 0 saturated heterocycles.